The van der Waals surface area contributed by atoms with Crippen LogP contribution in [-0.2, 0) is 6.42 Å². The third kappa shape index (κ3) is 3.05. The summed E-state index contributed by atoms with van der Waals surface area (Å²) in [5.74, 6) is -0.239. The van der Waals surface area contributed by atoms with Gasteiger partial charge in [0.15, 0.2) is 0 Å². The molecule has 2 aromatic heterocycles. The van der Waals surface area contributed by atoms with Gasteiger partial charge < -0.3 is 5.32 Å². The van der Waals surface area contributed by atoms with E-state index in [0.717, 1.165) is 11.3 Å². The van der Waals surface area contributed by atoms with Gasteiger partial charge in [0.05, 0.1) is 10.7 Å². The van der Waals surface area contributed by atoms with Crippen LogP contribution in [0.2, 0.25) is 10.0 Å². The van der Waals surface area contributed by atoms with Crippen molar-refractivity contribution in [1.82, 2.24) is 9.38 Å². The second kappa shape index (κ2) is 6.22. The van der Waals surface area contributed by atoms with Crippen molar-refractivity contribution in [2.75, 3.05) is 5.32 Å². The van der Waals surface area contributed by atoms with Crippen molar-refractivity contribution in [3.05, 3.63) is 63.5 Å². The van der Waals surface area contributed by atoms with E-state index in [1.165, 1.54) is 0 Å². The maximum absolute atomic E-state index is 12.7. The Balaban J connectivity index is 2.02. The van der Waals surface area contributed by atoms with Gasteiger partial charge >= 0.3 is 0 Å². The van der Waals surface area contributed by atoms with Gasteiger partial charge in [0.1, 0.15) is 11.3 Å². The predicted molar refractivity (Wildman–Crippen MR) is 93.7 cm³/mol. The van der Waals surface area contributed by atoms with Gasteiger partial charge in [-0.3, -0.25) is 9.20 Å². The lowest BCUT2D eigenvalue weighted by molar-refractivity contribution is 0.102. The summed E-state index contributed by atoms with van der Waals surface area (Å²) < 4.78 is 1.71. The standard InChI is InChI=1S/C17H15Cl2N3O/c1-3-14-16(22-9-11(18)5-7-15(22)21-14)17(23)20-12-6-4-10(2)13(19)8-12/h4-9H,3H2,1-2H3,(H,20,23). The number of fused-ring (bicyclic) bond motifs is 1. The first-order valence-corrected chi connectivity index (χ1v) is 7.99. The van der Waals surface area contributed by atoms with E-state index >= 15 is 0 Å². The molecule has 0 aliphatic carbocycles. The number of carbonyl (C=O) groups excluding carboxylic acids is 1. The summed E-state index contributed by atoms with van der Waals surface area (Å²) in [5.41, 5.74) is 3.51. The Morgan fingerprint density at radius 1 is 1.26 bits per heavy atom. The van der Waals surface area contributed by atoms with Crippen LogP contribution in [0, 0.1) is 6.92 Å². The molecule has 1 aromatic carbocycles. The molecular weight excluding hydrogens is 333 g/mol. The number of rotatable bonds is 3. The van der Waals surface area contributed by atoms with Crippen LogP contribution in [0.3, 0.4) is 0 Å². The van der Waals surface area contributed by atoms with E-state index in [1.807, 2.05) is 26.0 Å². The molecule has 0 spiro atoms. The van der Waals surface area contributed by atoms with Crippen LogP contribution in [0.5, 0.6) is 0 Å². The molecule has 3 rings (SSSR count). The number of imidazole rings is 1. The Hall–Kier alpha value is -2.04. The number of aryl methyl sites for hydroxylation is 2. The Bertz CT molecular complexity index is 902. The fourth-order valence-electron chi connectivity index (χ4n) is 2.42. The van der Waals surface area contributed by atoms with Gasteiger partial charge in [-0.2, -0.15) is 0 Å². The fraction of sp³-hybridized carbons (Fsp3) is 0.176. The van der Waals surface area contributed by atoms with E-state index < -0.39 is 0 Å². The van der Waals surface area contributed by atoms with Crippen LogP contribution in [-0.4, -0.2) is 15.3 Å². The molecule has 0 aliphatic heterocycles. The molecule has 23 heavy (non-hydrogen) atoms. The minimum Gasteiger partial charge on any atom is -0.321 e. The largest absolute Gasteiger partial charge is 0.321 e. The smallest absolute Gasteiger partial charge is 0.274 e. The summed E-state index contributed by atoms with van der Waals surface area (Å²) in [6.45, 7) is 3.87. The number of hydrogen-bond donors (Lipinski definition) is 1. The van der Waals surface area contributed by atoms with Gasteiger partial charge in [-0.25, -0.2) is 4.98 Å². The second-order valence-electron chi connectivity index (χ2n) is 5.25. The number of amides is 1. The summed E-state index contributed by atoms with van der Waals surface area (Å²) >= 11 is 12.2. The lowest BCUT2D eigenvalue weighted by Crippen LogP contribution is -2.16. The minimum absolute atomic E-state index is 0.239. The summed E-state index contributed by atoms with van der Waals surface area (Å²) in [6.07, 6.45) is 2.34. The van der Waals surface area contributed by atoms with Gasteiger partial charge in [0.25, 0.3) is 5.91 Å². The van der Waals surface area contributed by atoms with Gasteiger partial charge in [-0.1, -0.05) is 36.2 Å². The highest BCUT2D eigenvalue weighted by Crippen LogP contribution is 2.22. The first kappa shape index (κ1) is 15.8. The maximum atomic E-state index is 12.7. The van der Waals surface area contributed by atoms with Crippen LogP contribution in [0.1, 0.15) is 28.7 Å². The van der Waals surface area contributed by atoms with Gasteiger partial charge in [0, 0.05) is 16.9 Å². The SMILES string of the molecule is CCc1nc2ccc(Cl)cn2c1C(=O)Nc1ccc(C)c(Cl)c1. The second-order valence-corrected chi connectivity index (χ2v) is 6.10. The molecule has 0 radical (unpaired) electrons. The van der Waals surface area contributed by atoms with Crippen molar-refractivity contribution in [2.24, 2.45) is 0 Å². The zero-order valence-electron chi connectivity index (χ0n) is 12.7. The Morgan fingerprint density at radius 2 is 2.04 bits per heavy atom. The van der Waals surface area contributed by atoms with E-state index in [1.54, 1.807) is 28.8 Å². The Kier molecular flexibility index (Phi) is 4.28. The molecule has 0 unspecified atom stereocenters. The lowest BCUT2D eigenvalue weighted by atomic mass is 10.2. The number of pyridine rings is 1. The molecule has 0 fully saturated rings. The number of nitrogens with one attached hydrogen (secondary N) is 1. The minimum atomic E-state index is -0.239. The van der Waals surface area contributed by atoms with Crippen LogP contribution in [0.25, 0.3) is 5.65 Å². The topological polar surface area (TPSA) is 46.4 Å². The van der Waals surface area contributed by atoms with Crippen LogP contribution >= 0.6 is 23.2 Å². The van der Waals surface area contributed by atoms with Gasteiger partial charge in [0.2, 0.25) is 0 Å². The number of halogens is 2. The van der Waals surface area contributed by atoms with Crippen LogP contribution in [0.4, 0.5) is 5.69 Å². The summed E-state index contributed by atoms with van der Waals surface area (Å²) in [6, 6.07) is 8.97. The molecule has 6 heteroatoms. The average molecular weight is 348 g/mol. The van der Waals surface area contributed by atoms with Crippen molar-refractivity contribution < 1.29 is 4.79 Å². The number of aromatic nitrogens is 2. The summed E-state index contributed by atoms with van der Waals surface area (Å²) in [4.78, 5) is 17.2. The van der Waals surface area contributed by atoms with Crippen molar-refractivity contribution in [1.29, 1.82) is 0 Å². The van der Waals surface area contributed by atoms with Crippen molar-refractivity contribution in [3.63, 3.8) is 0 Å². The molecule has 0 saturated carbocycles. The first-order valence-electron chi connectivity index (χ1n) is 7.23. The maximum Gasteiger partial charge on any atom is 0.274 e. The third-order valence-corrected chi connectivity index (χ3v) is 4.27. The lowest BCUT2D eigenvalue weighted by Gasteiger charge is -2.08. The molecule has 3 aromatic rings. The fourth-order valence-corrected chi connectivity index (χ4v) is 2.76. The summed E-state index contributed by atoms with van der Waals surface area (Å²) in [7, 11) is 0. The monoisotopic (exact) mass is 347 g/mol. The molecule has 1 amide bonds. The van der Waals surface area contributed by atoms with Crippen molar-refractivity contribution >= 4 is 40.4 Å². The van der Waals surface area contributed by atoms with Crippen molar-refractivity contribution in [3.8, 4) is 0 Å². The Morgan fingerprint density at radius 3 is 2.74 bits per heavy atom. The highest BCUT2D eigenvalue weighted by Gasteiger charge is 2.18. The molecule has 0 aliphatic rings. The van der Waals surface area contributed by atoms with E-state index in [4.69, 9.17) is 23.2 Å². The van der Waals surface area contributed by atoms with Gasteiger partial charge in [-0.05, 0) is 43.2 Å². The quantitative estimate of drug-likeness (QED) is 0.741. The van der Waals surface area contributed by atoms with Gasteiger partial charge in [-0.15, -0.1) is 0 Å². The molecule has 0 atom stereocenters. The van der Waals surface area contributed by atoms with E-state index in [0.29, 0.717) is 33.5 Å². The van der Waals surface area contributed by atoms with Crippen LogP contribution < -0.4 is 5.32 Å². The van der Waals surface area contributed by atoms with E-state index in [-0.39, 0.29) is 5.91 Å². The zero-order valence-corrected chi connectivity index (χ0v) is 14.2. The third-order valence-electron chi connectivity index (χ3n) is 3.63. The number of carbonyl (C=O) groups is 1. The molecule has 118 valence electrons. The molecule has 1 N–H and O–H groups in total. The van der Waals surface area contributed by atoms with Crippen LogP contribution in [0.15, 0.2) is 36.5 Å². The first-order chi connectivity index (χ1) is 11.0. The zero-order chi connectivity index (χ0) is 16.6. The molecular formula is C17H15Cl2N3O. The number of nitrogens with zero attached hydrogens (tertiary/aromatic N) is 2. The van der Waals surface area contributed by atoms with E-state index in [9.17, 15) is 4.79 Å². The average Bonchev–Trinajstić information content (AvgIpc) is 2.88. The predicted octanol–water partition coefficient (Wildman–Crippen LogP) is 4.76. The van der Waals surface area contributed by atoms with Crippen molar-refractivity contribution in [2.45, 2.75) is 20.3 Å². The highest BCUT2D eigenvalue weighted by molar-refractivity contribution is 6.31. The molecule has 4 nitrogen and oxygen atoms in total. The Labute approximate surface area is 144 Å². The molecule has 0 saturated heterocycles. The number of benzene rings is 1. The molecule has 2 heterocycles. The normalized spacial score (nSPS) is 11.0. The number of anilines is 1. The highest BCUT2D eigenvalue weighted by atomic mass is 35.5. The molecule has 0 bridgehead atoms. The van der Waals surface area contributed by atoms with E-state index in [2.05, 4.69) is 10.3 Å². The summed E-state index contributed by atoms with van der Waals surface area (Å²) in [5, 5.41) is 4.03. The number of hydrogen-bond acceptors (Lipinski definition) is 2.